The number of hydrogen-bond acceptors (Lipinski definition) is 0. The van der Waals surface area contributed by atoms with Gasteiger partial charge in [-0.15, -0.1) is 0 Å². The number of hydrogen-bond donors (Lipinski definition) is 0. The van der Waals surface area contributed by atoms with E-state index in [0.717, 1.165) is 23.7 Å². The second-order valence-corrected chi connectivity index (χ2v) is 6.95. The Morgan fingerprint density at radius 1 is 0.882 bits per heavy atom. The van der Waals surface area contributed by atoms with E-state index in [1.165, 1.54) is 38.5 Å². The summed E-state index contributed by atoms with van der Waals surface area (Å²) in [6, 6.07) is 0. The Balaban J connectivity index is 1.76. The van der Waals surface area contributed by atoms with E-state index in [4.69, 9.17) is 0 Å². The highest BCUT2D eigenvalue weighted by atomic mass is 14.4. The fraction of sp³-hybridized carbons (Fsp3) is 1.00. The summed E-state index contributed by atoms with van der Waals surface area (Å²) in [6.45, 7) is 4.81. The van der Waals surface area contributed by atoms with Crippen LogP contribution in [0.1, 0.15) is 84.5 Å². The van der Waals surface area contributed by atoms with Gasteiger partial charge >= 0.3 is 0 Å². The van der Waals surface area contributed by atoms with E-state index in [1.54, 1.807) is 32.1 Å². The van der Waals surface area contributed by atoms with Gasteiger partial charge in [0.15, 0.2) is 0 Å². The molecule has 0 aliphatic heterocycles. The van der Waals surface area contributed by atoms with Gasteiger partial charge in [0.1, 0.15) is 0 Å². The lowest BCUT2D eigenvalue weighted by molar-refractivity contribution is 0.145. The first kappa shape index (κ1) is 13.4. The number of rotatable bonds is 4. The van der Waals surface area contributed by atoms with Crippen molar-refractivity contribution in [1.82, 2.24) is 0 Å². The first-order valence-electron chi connectivity index (χ1n) is 8.29. The summed E-state index contributed by atoms with van der Waals surface area (Å²) in [5.74, 6) is 4.32. The number of fused-ring (bicyclic) bond motifs is 1. The van der Waals surface area contributed by atoms with Crippen LogP contribution in [0, 0.1) is 23.7 Å². The average molecular weight is 236 g/mol. The molecule has 0 heteroatoms. The minimum absolute atomic E-state index is 0.975. The molecule has 0 bridgehead atoms. The zero-order valence-corrected chi connectivity index (χ0v) is 12.1. The third kappa shape index (κ3) is 4.00. The second kappa shape index (κ2) is 6.81. The Bertz CT molecular complexity index is 208. The lowest BCUT2D eigenvalue weighted by Gasteiger charge is -2.37. The molecule has 0 heterocycles. The zero-order chi connectivity index (χ0) is 12.1. The van der Waals surface area contributed by atoms with Crippen LogP contribution in [0.15, 0.2) is 0 Å². The Morgan fingerprint density at radius 2 is 1.53 bits per heavy atom. The standard InChI is InChI=1S/C17H32/c1-3-6-14(2)13-15-7-4-5-8-16-11-12-17(16)10-9-15/h14-17H,3-13H2,1-2H3. The molecule has 0 amide bonds. The van der Waals surface area contributed by atoms with Crippen LogP contribution in [0.25, 0.3) is 0 Å². The molecule has 17 heavy (non-hydrogen) atoms. The Kier molecular flexibility index (Phi) is 5.38. The van der Waals surface area contributed by atoms with Gasteiger partial charge in [0.2, 0.25) is 0 Å². The molecule has 0 N–H and O–H groups in total. The molecule has 2 rings (SSSR count). The van der Waals surface area contributed by atoms with Gasteiger partial charge in [-0.2, -0.15) is 0 Å². The van der Waals surface area contributed by atoms with Gasteiger partial charge in [0, 0.05) is 0 Å². The molecule has 0 spiro atoms. The van der Waals surface area contributed by atoms with Crippen LogP contribution in [0.3, 0.4) is 0 Å². The molecule has 0 aromatic heterocycles. The van der Waals surface area contributed by atoms with E-state index < -0.39 is 0 Å². The van der Waals surface area contributed by atoms with Crippen LogP contribution in [-0.4, -0.2) is 0 Å². The molecule has 4 atom stereocenters. The molecule has 0 aromatic carbocycles. The summed E-state index contributed by atoms with van der Waals surface area (Å²) in [5, 5.41) is 0. The minimum Gasteiger partial charge on any atom is -0.0654 e. The molecular weight excluding hydrogens is 204 g/mol. The summed E-state index contributed by atoms with van der Waals surface area (Å²) in [4.78, 5) is 0. The molecule has 2 aliphatic carbocycles. The Hall–Kier alpha value is 0. The summed E-state index contributed by atoms with van der Waals surface area (Å²) in [7, 11) is 0. The molecule has 2 fully saturated rings. The normalized spacial score (nSPS) is 36.0. The lowest BCUT2D eigenvalue weighted by atomic mass is 9.69. The largest absolute Gasteiger partial charge is 0.0654 e. The van der Waals surface area contributed by atoms with Crippen molar-refractivity contribution >= 4 is 0 Å². The third-order valence-electron chi connectivity index (χ3n) is 5.48. The molecule has 4 unspecified atom stereocenters. The van der Waals surface area contributed by atoms with Gasteiger partial charge in [0.25, 0.3) is 0 Å². The predicted octanol–water partition coefficient (Wildman–Crippen LogP) is 5.81. The van der Waals surface area contributed by atoms with Crippen molar-refractivity contribution in [2.45, 2.75) is 84.5 Å². The Labute approximate surface area is 109 Å². The van der Waals surface area contributed by atoms with Crippen molar-refractivity contribution in [3.63, 3.8) is 0 Å². The predicted molar refractivity (Wildman–Crippen MR) is 76.1 cm³/mol. The van der Waals surface area contributed by atoms with E-state index in [9.17, 15) is 0 Å². The van der Waals surface area contributed by atoms with Gasteiger partial charge in [-0.1, -0.05) is 58.8 Å². The van der Waals surface area contributed by atoms with Crippen molar-refractivity contribution in [2.24, 2.45) is 23.7 Å². The lowest BCUT2D eigenvalue weighted by Crippen LogP contribution is -2.25. The van der Waals surface area contributed by atoms with Crippen molar-refractivity contribution in [3.8, 4) is 0 Å². The molecule has 0 radical (unpaired) electrons. The molecule has 0 saturated heterocycles. The van der Waals surface area contributed by atoms with Crippen LogP contribution >= 0.6 is 0 Å². The van der Waals surface area contributed by atoms with Crippen LogP contribution < -0.4 is 0 Å². The van der Waals surface area contributed by atoms with Gasteiger partial charge in [-0.25, -0.2) is 0 Å². The molecule has 2 aliphatic rings. The smallest absolute Gasteiger partial charge is 0.0386 e. The fourth-order valence-electron chi connectivity index (χ4n) is 4.25. The molecule has 2 saturated carbocycles. The SMILES string of the molecule is CCCC(C)CC1CCCCC2CCC2CC1. The average Bonchev–Trinajstić information content (AvgIpc) is 2.31. The van der Waals surface area contributed by atoms with E-state index in [2.05, 4.69) is 13.8 Å². The van der Waals surface area contributed by atoms with Gasteiger partial charge < -0.3 is 0 Å². The summed E-state index contributed by atoms with van der Waals surface area (Å²) in [5.41, 5.74) is 0. The van der Waals surface area contributed by atoms with Crippen LogP contribution in [0.2, 0.25) is 0 Å². The molecular formula is C17H32. The first-order valence-corrected chi connectivity index (χ1v) is 8.29. The molecule has 0 nitrogen and oxygen atoms in total. The van der Waals surface area contributed by atoms with Crippen LogP contribution in [0.5, 0.6) is 0 Å². The van der Waals surface area contributed by atoms with Gasteiger partial charge in [-0.05, 0) is 49.4 Å². The van der Waals surface area contributed by atoms with E-state index >= 15 is 0 Å². The quantitative estimate of drug-likeness (QED) is 0.578. The molecule has 100 valence electrons. The van der Waals surface area contributed by atoms with Crippen molar-refractivity contribution in [2.75, 3.05) is 0 Å². The first-order chi connectivity index (χ1) is 8.29. The van der Waals surface area contributed by atoms with Crippen LogP contribution in [-0.2, 0) is 0 Å². The fourth-order valence-corrected chi connectivity index (χ4v) is 4.25. The summed E-state index contributed by atoms with van der Waals surface area (Å²) >= 11 is 0. The minimum atomic E-state index is 0.975. The Morgan fingerprint density at radius 3 is 2.24 bits per heavy atom. The highest BCUT2D eigenvalue weighted by Crippen LogP contribution is 2.43. The molecule has 0 aromatic rings. The van der Waals surface area contributed by atoms with E-state index in [1.807, 2.05) is 0 Å². The zero-order valence-electron chi connectivity index (χ0n) is 12.1. The van der Waals surface area contributed by atoms with E-state index in [-0.39, 0.29) is 0 Å². The van der Waals surface area contributed by atoms with Crippen molar-refractivity contribution in [1.29, 1.82) is 0 Å². The van der Waals surface area contributed by atoms with E-state index in [0.29, 0.717) is 0 Å². The maximum atomic E-state index is 2.47. The summed E-state index contributed by atoms with van der Waals surface area (Å²) in [6.07, 6.45) is 16.7. The van der Waals surface area contributed by atoms with Crippen molar-refractivity contribution < 1.29 is 0 Å². The van der Waals surface area contributed by atoms with Crippen LogP contribution in [0.4, 0.5) is 0 Å². The second-order valence-electron chi connectivity index (χ2n) is 6.95. The van der Waals surface area contributed by atoms with Crippen molar-refractivity contribution in [3.05, 3.63) is 0 Å². The van der Waals surface area contributed by atoms with Gasteiger partial charge in [0.05, 0.1) is 0 Å². The highest BCUT2D eigenvalue weighted by molar-refractivity contribution is 4.82. The monoisotopic (exact) mass is 236 g/mol. The van der Waals surface area contributed by atoms with Gasteiger partial charge in [-0.3, -0.25) is 0 Å². The third-order valence-corrected chi connectivity index (χ3v) is 5.48. The topological polar surface area (TPSA) is 0 Å². The maximum absolute atomic E-state index is 2.47. The maximum Gasteiger partial charge on any atom is -0.0386 e. The summed E-state index contributed by atoms with van der Waals surface area (Å²) < 4.78 is 0. The highest BCUT2D eigenvalue weighted by Gasteiger charge is 2.31.